The molecule has 0 saturated carbocycles. The van der Waals surface area contributed by atoms with Gasteiger partial charge >= 0.3 is 0 Å². The van der Waals surface area contributed by atoms with E-state index in [2.05, 4.69) is 43.1 Å². The number of hydrogen-bond acceptors (Lipinski definition) is 2. The molecule has 0 spiro atoms. The summed E-state index contributed by atoms with van der Waals surface area (Å²) in [6.45, 7) is 4.38. The lowest BCUT2D eigenvalue weighted by molar-refractivity contribution is 0.922. The van der Waals surface area contributed by atoms with Crippen LogP contribution < -0.4 is 0 Å². The molecule has 0 aliphatic rings. The molecule has 1 heterocycles. The zero-order valence-electron chi connectivity index (χ0n) is 10.2. The summed E-state index contributed by atoms with van der Waals surface area (Å²) in [6.07, 6.45) is 3.38. The number of nitrogens with one attached hydrogen (secondary N) is 1. The maximum atomic E-state index is 5.22. The largest absolute Gasteiger partial charge is 0.337 e. The fourth-order valence-corrected chi connectivity index (χ4v) is 3.17. The highest BCUT2D eigenvalue weighted by Crippen LogP contribution is 2.27. The minimum absolute atomic E-state index is 0.870. The molecule has 0 bridgehead atoms. The first kappa shape index (κ1) is 12.5. The molecule has 0 radical (unpaired) electrons. The van der Waals surface area contributed by atoms with Crippen LogP contribution in [-0.2, 0) is 12.8 Å². The van der Waals surface area contributed by atoms with Gasteiger partial charge in [-0.3, -0.25) is 0 Å². The van der Waals surface area contributed by atoms with Gasteiger partial charge in [0.05, 0.1) is 5.69 Å². The summed E-state index contributed by atoms with van der Waals surface area (Å²) in [5.74, 6) is 0. The first-order valence-electron chi connectivity index (χ1n) is 6.06. The van der Waals surface area contributed by atoms with Gasteiger partial charge in [-0.2, -0.15) is 0 Å². The van der Waals surface area contributed by atoms with E-state index in [1.807, 2.05) is 0 Å². The average molecular weight is 263 g/mol. The van der Waals surface area contributed by atoms with E-state index in [-0.39, 0.29) is 0 Å². The lowest BCUT2D eigenvalue weighted by Crippen LogP contribution is -1.86. The summed E-state index contributed by atoms with van der Waals surface area (Å²) in [5, 5.41) is 0. The molecule has 0 aliphatic carbocycles. The van der Waals surface area contributed by atoms with E-state index in [0.717, 1.165) is 16.8 Å². The van der Waals surface area contributed by atoms with Crippen LogP contribution in [0.15, 0.2) is 24.3 Å². The molecule has 2 aromatic rings. The van der Waals surface area contributed by atoms with Crippen molar-refractivity contribution in [2.75, 3.05) is 0 Å². The first-order chi connectivity index (χ1) is 8.24. The van der Waals surface area contributed by atoms with E-state index in [1.165, 1.54) is 28.1 Å². The van der Waals surface area contributed by atoms with Gasteiger partial charge in [0.15, 0.2) is 3.95 Å². The Labute approximate surface area is 112 Å². The molecule has 1 aromatic heterocycles. The van der Waals surface area contributed by atoms with E-state index in [0.29, 0.717) is 0 Å². The Morgan fingerprint density at radius 1 is 1.18 bits per heavy atom. The smallest absolute Gasteiger partial charge is 0.159 e. The summed E-state index contributed by atoms with van der Waals surface area (Å²) in [6, 6.07) is 8.81. The molecule has 0 atom stereocenters. The van der Waals surface area contributed by atoms with Crippen molar-refractivity contribution in [3.63, 3.8) is 0 Å². The summed E-state index contributed by atoms with van der Waals surface area (Å²) < 4.78 is 0.870. The third-order valence-electron chi connectivity index (χ3n) is 2.82. The maximum Gasteiger partial charge on any atom is 0.159 e. The van der Waals surface area contributed by atoms with Crippen LogP contribution >= 0.6 is 23.6 Å². The Kier molecular flexibility index (Phi) is 4.13. The third-order valence-corrected chi connectivity index (χ3v) is 4.20. The Morgan fingerprint density at radius 3 is 2.47 bits per heavy atom. The van der Waals surface area contributed by atoms with E-state index >= 15 is 0 Å². The number of aromatic nitrogens is 1. The number of aryl methyl sites for hydroxylation is 2. The molecule has 0 unspecified atom stereocenters. The second-order valence-electron chi connectivity index (χ2n) is 4.11. The van der Waals surface area contributed by atoms with Crippen molar-refractivity contribution in [2.24, 2.45) is 0 Å². The number of aromatic amines is 1. The average Bonchev–Trinajstić information content (AvgIpc) is 2.72. The van der Waals surface area contributed by atoms with Gasteiger partial charge in [0, 0.05) is 4.88 Å². The van der Waals surface area contributed by atoms with Gasteiger partial charge in [0.25, 0.3) is 0 Å². The summed E-state index contributed by atoms with van der Waals surface area (Å²) >= 11 is 6.90. The predicted octanol–water partition coefficient (Wildman–Crippen LogP) is 4.99. The van der Waals surface area contributed by atoms with Crippen LogP contribution in [0, 0.1) is 3.95 Å². The van der Waals surface area contributed by atoms with Crippen molar-refractivity contribution < 1.29 is 0 Å². The zero-order valence-corrected chi connectivity index (χ0v) is 11.9. The molecule has 0 aliphatic heterocycles. The number of thiazole rings is 1. The van der Waals surface area contributed by atoms with Crippen LogP contribution in [-0.4, -0.2) is 4.98 Å². The van der Waals surface area contributed by atoms with Gasteiger partial charge in [-0.05, 0) is 36.2 Å². The fourth-order valence-electron chi connectivity index (χ4n) is 1.97. The van der Waals surface area contributed by atoms with Gasteiger partial charge in [-0.15, -0.1) is 11.3 Å². The third kappa shape index (κ3) is 2.85. The van der Waals surface area contributed by atoms with Crippen molar-refractivity contribution in [2.45, 2.75) is 33.1 Å². The van der Waals surface area contributed by atoms with Gasteiger partial charge < -0.3 is 4.98 Å². The van der Waals surface area contributed by atoms with E-state index in [4.69, 9.17) is 12.2 Å². The van der Waals surface area contributed by atoms with Gasteiger partial charge in [-0.1, -0.05) is 44.5 Å². The van der Waals surface area contributed by atoms with E-state index < -0.39 is 0 Å². The van der Waals surface area contributed by atoms with Gasteiger partial charge in [0.2, 0.25) is 0 Å². The molecule has 1 N–H and O–H groups in total. The lowest BCUT2D eigenvalue weighted by atomic mass is 10.1. The number of benzene rings is 1. The molecular weight excluding hydrogens is 246 g/mol. The monoisotopic (exact) mass is 263 g/mol. The van der Waals surface area contributed by atoms with Crippen molar-refractivity contribution in [1.29, 1.82) is 0 Å². The number of rotatable bonds is 4. The van der Waals surface area contributed by atoms with E-state index in [1.54, 1.807) is 11.3 Å². The zero-order chi connectivity index (χ0) is 12.3. The lowest BCUT2D eigenvalue weighted by Gasteiger charge is -2.03. The minimum atomic E-state index is 0.870. The molecule has 90 valence electrons. The molecule has 0 amide bonds. The molecular formula is C14H17NS2. The Bertz CT molecular complexity index is 534. The fraction of sp³-hybridized carbons (Fsp3) is 0.357. The van der Waals surface area contributed by atoms with Crippen molar-refractivity contribution in [1.82, 2.24) is 4.98 Å². The van der Waals surface area contributed by atoms with Crippen LogP contribution in [0.2, 0.25) is 0 Å². The normalized spacial score (nSPS) is 10.7. The SMILES string of the molecule is CCCc1ccc(-c2[nH]c(=S)sc2CC)cc1. The highest BCUT2D eigenvalue weighted by molar-refractivity contribution is 7.73. The van der Waals surface area contributed by atoms with Crippen LogP contribution in [0.1, 0.15) is 30.7 Å². The molecule has 0 fully saturated rings. The van der Waals surface area contributed by atoms with Crippen LogP contribution in [0.25, 0.3) is 11.3 Å². The molecule has 3 heteroatoms. The number of H-pyrrole nitrogens is 1. The quantitative estimate of drug-likeness (QED) is 0.769. The topological polar surface area (TPSA) is 15.8 Å². The van der Waals surface area contributed by atoms with E-state index in [9.17, 15) is 0 Å². The van der Waals surface area contributed by atoms with Crippen molar-refractivity contribution in [3.8, 4) is 11.3 Å². The second kappa shape index (κ2) is 5.61. The maximum absolute atomic E-state index is 5.22. The van der Waals surface area contributed by atoms with Crippen molar-refractivity contribution >= 4 is 23.6 Å². The Balaban J connectivity index is 2.35. The minimum Gasteiger partial charge on any atom is -0.337 e. The molecule has 17 heavy (non-hydrogen) atoms. The standard InChI is InChI=1S/C14H17NS2/c1-3-5-10-6-8-11(9-7-10)13-12(4-2)17-14(16)15-13/h6-9H,3-5H2,1-2H3,(H,15,16). The highest BCUT2D eigenvalue weighted by atomic mass is 32.1. The molecule has 1 aromatic carbocycles. The summed E-state index contributed by atoms with van der Waals surface area (Å²) in [4.78, 5) is 4.64. The predicted molar refractivity (Wildman–Crippen MR) is 78.3 cm³/mol. The van der Waals surface area contributed by atoms with Crippen LogP contribution in [0.3, 0.4) is 0 Å². The summed E-state index contributed by atoms with van der Waals surface area (Å²) in [5.41, 5.74) is 3.85. The Hall–Kier alpha value is -0.930. The summed E-state index contributed by atoms with van der Waals surface area (Å²) in [7, 11) is 0. The highest BCUT2D eigenvalue weighted by Gasteiger charge is 2.06. The van der Waals surface area contributed by atoms with Crippen LogP contribution in [0.5, 0.6) is 0 Å². The van der Waals surface area contributed by atoms with Crippen LogP contribution in [0.4, 0.5) is 0 Å². The first-order valence-corrected chi connectivity index (χ1v) is 7.28. The second-order valence-corrected chi connectivity index (χ2v) is 5.89. The number of hydrogen-bond donors (Lipinski definition) is 1. The Morgan fingerprint density at radius 2 is 1.88 bits per heavy atom. The van der Waals surface area contributed by atoms with Gasteiger partial charge in [0.1, 0.15) is 0 Å². The van der Waals surface area contributed by atoms with Crippen molar-refractivity contribution in [3.05, 3.63) is 38.7 Å². The molecule has 1 nitrogen and oxygen atoms in total. The van der Waals surface area contributed by atoms with Gasteiger partial charge in [-0.25, -0.2) is 0 Å². The molecule has 2 rings (SSSR count). The molecule has 0 saturated heterocycles.